The van der Waals surface area contributed by atoms with E-state index < -0.39 is 0 Å². The molecule has 124 valence electrons. The van der Waals surface area contributed by atoms with Crippen LogP contribution in [0, 0.1) is 5.92 Å². The van der Waals surface area contributed by atoms with Crippen LogP contribution in [0.1, 0.15) is 24.8 Å². The van der Waals surface area contributed by atoms with Gasteiger partial charge in [0.25, 0.3) is 5.56 Å². The summed E-state index contributed by atoms with van der Waals surface area (Å²) < 4.78 is 7.10. The van der Waals surface area contributed by atoms with Gasteiger partial charge in [0.05, 0.1) is 24.3 Å². The van der Waals surface area contributed by atoms with Crippen molar-refractivity contribution in [3.8, 4) is 17.4 Å². The Hall–Kier alpha value is -2.83. The third kappa shape index (κ3) is 2.73. The van der Waals surface area contributed by atoms with Gasteiger partial charge in [0.1, 0.15) is 11.6 Å². The molecule has 2 aromatic rings. The van der Waals surface area contributed by atoms with Crippen molar-refractivity contribution >= 4 is 11.7 Å². The van der Waals surface area contributed by atoms with Crippen molar-refractivity contribution in [1.82, 2.24) is 9.55 Å². The van der Waals surface area contributed by atoms with Gasteiger partial charge in [0.15, 0.2) is 0 Å². The number of nitrogens with one attached hydrogen (secondary N) is 1. The number of anilines is 1. The van der Waals surface area contributed by atoms with E-state index in [2.05, 4.69) is 10.3 Å². The summed E-state index contributed by atoms with van der Waals surface area (Å²) in [6.45, 7) is 0.474. The summed E-state index contributed by atoms with van der Waals surface area (Å²) in [5.74, 6) is 0.838. The molecule has 24 heavy (non-hydrogen) atoms. The maximum absolute atomic E-state index is 12.8. The Morgan fingerprint density at radius 1 is 1.25 bits per heavy atom. The van der Waals surface area contributed by atoms with Crippen molar-refractivity contribution in [3.05, 3.63) is 40.2 Å². The number of amides is 1. The molecule has 1 aromatic heterocycles. The molecule has 1 saturated carbocycles. The van der Waals surface area contributed by atoms with Gasteiger partial charge in [-0.2, -0.15) is 4.98 Å². The van der Waals surface area contributed by atoms with E-state index in [1.54, 1.807) is 12.1 Å². The van der Waals surface area contributed by atoms with Crippen LogP contribution in [0.4, 0.5) is 5.82 Å². The van der Waals surface area contributed by atoms with Crippen molar-refractivity contribution in [2.45, 2.75) is 25.7 Å². The molecule has 0 atom stereocenters. The van der Waals surface area contributed by atoms with Gasteiger partial charge < -0.3 is 15.2 Å². The Bertz CT molecular complexity index is 853. The number of aromatic nitrogens is 2. The molecular formula is C17H17N3O4. The molecule has 1 amide bonds. The van der Waals surface area contributed by atoms with Crippen molar-refractivity contribution in [2.75, 3.05) is 11.9 Å². The molecule has 7 nitrogen and oxygen atoms in total. The number of hydrogen-bond acceptors (Lipinski definition) is 5. The largest absolute Gasteiger partial charge is 0.508 e. The average Bonchev–Trinajstić information content (AvgIpc) is 3.29. The Morgan fingerprint density at radius 3 is 2.71 bits per heavy atom. The van der Waals surface area contributed by atoms with Crippen molar-refractivity contribution in [2.24, 2.45) is 5.92 Å². The molecule has 7 heteroatoms. The normalized spacial score (nSPS) is 15.9. The number of phenolic OH excluding ortho intramolecular Hbond substituents is 1. The minimum Gasteiger partial charge on any atom is -0.508 e. The van der Waals surface area contributed by atoms with E-state index >= 15 is 0 Å². The zero-order chi connectivity index (χ0) is 16.7. The first kappa shape index (κ1) is 14.7. The van der Waals surface area contributed by atoms with E-state index in [0.29, 0.717) is 23.8 Å². The topological polar surface area (TPSA) is 93.4 Å². The highest BCUT2D eigenvalue weighted by Crippen LogP contribution is 2.32. The summed E-state index contributed by atoms with van der Waals surface area (Å²) >= 11 is 0. The van der Waals surface area contributed by atoms with Gasteiger partial charge in [-0.05, 0) is 36.6 Å². The standard InChI is InChI=1S/C17H17N3O4/c21-12-5-3-11(4-6-12)20-16(23)13-9-14(22)18-15(13)19-17(20)24-8-7-10-1-2-10/h3-6,10,21H,1-2,7-9H2,(H,18,22). The fourth-order valence-corrected chi connectivity index (χ4v) is 2.79. The first-order valence-corrected chi connectivity index (χ1v) is 8.00. The van der Waals surface area contributed by atoms with Crippen molar-refractivity contribution in [1.29, 1.82) is 0 Å². The molecule has 1 aromatic carbocycles. The third-order valence-corrected chi connectivity index (χ3v) is 4.30. The molecule has 0 spiro atoms. The second-order valence-corrected chi connectivity index (χ2v) is 6.18. The van der Waals surface area contributed by atoms with E-state index in [1.807, 2.05) is 0 Å². The first-order chi connectivity index (χ1) is 11.6. The first-order valence-electron chi connectivity index (χ1n) is 8.00. The van der Waals surface area contributed by atoms with Crippen molar-refractivity contribution in [3.63, 3.8) is 0 Å². The van der Waals surface area contributed by atoms with Crippen LogP contribution in [0.3, 0.4) is 0 Å². The Balaban J connectivity index is 1.76. The van der Waals surface area contributed by atoms with Crippen LogP contribution in [-0.2, 0) is 11.2 Å². The van der Waals surface area contributed by atoms with Gasteiger partial charge in [0.2, 0.25) is 5.91 Å². The Labute approximate surface area is 137 Å². The summed E-state index contributed by atoms with van der Waals surface area (Å²) in [6, 6.07) is 6.37. The molecule has 2 heterocycles. The zero-order valence-corrected chi connectivity index (χ0v) is 13.0. The molecule has 2 N–H and O–H groups in total. The van der Waals surface area contributed by atoms with Gasteiger partial charge in [-0.1, -0.05) is 12.8 Å². The lowest BCUT2D eigenvalue weighted by Crippen LogP contribution is -2.25. The van der Waals surface area contributed by atoms with E-state index in [0.717, 1.165) is 6.42 Å². The summed E-state index contributed by atoms with van der Waals surface area (Å²) in [5, 5.41) is 12.0. The fraction of sp³-hybridized carbons (Fsp3) is 0.353. The van der Waals surface area contributed by atoms with Gasteiger partial charge in [-0.25, -0.2) is 4.57 Å². The van der Waals surface area contributed by atoms with Crippen LogP contribution in [0.25, 0.3) is 5.69 Å². The van der Waals surface area contributed by atoms with E-state index in [-0.39, 0.29) is 35.5 Å². The molecular weight excluding hydrogens is 310 g/mol. The van der Waals surface area contributed by atoms with E-state index in [4.69, 9.17) is 4.74 Å². The van der Waals surface area contributed by atoms with Gasteiger partial charge in [-0.3, -0.25) is 9.59 Å². The number of rotatable bonds is 5. The highest BCUT2D eigenvalue weighted by Gasteiger charge is 2.27. The number of carbonyl (C=O) groups is 1. The summed E-state index contributed by atoms with van der Waals surface area (Å²) in [5.41, 5.74) is 0.543. The maximum atomic E-state index is 12.8. The molecule has 0 radical (unpaired) electrons. The van der Waals surface area contributed by atoms with Crippen LogP contribution >= 0.6 is 0 Å². The molecule has 4 rings (SSSR count). The number of nitrogens with zero attached hydrogens (tertiary/aromatic N) is 2. The SMILES string of the molecule is O=C1Cc2c(nc(OCCC3CC3)n(-c3ccc(O)cc3)c2=O)N1. The lowest BCUT2D eigenvalue weighted by molar-refractivity contribution is -0.115. The zero-order valence-electron chi connectivity index (χ0n) is 13.0. The Kier molecular flexibility index (Phi) is 3.48. The van der Waals surface area contributed by atoms with Crippen LogP contribution in [0.2, 0.25) is 0 Å². The number of benzene rings is 1. The second-order valence-electron chi connectivity index (χ2n) is 6.18. The number of aromatic hydroxyl groups is 1. The highest BCUT2D eigenvalue weighted by molar-refractivity contribution is 5.97. The predicted octanol–water partition coefficient (Wildman–Crippen LogP) is 1.61. The van der Waals surface area contributed by atoms with Crippen LogP contribution in [0.5, 0.6) is 11.8 Å². The summed E-state index contributed by atoms with van der Waals surface area (Å²) in [6.07, 6.45) is 3.39. The summed E-state index contributed by atoms with van der Waals surface area (Å²) in [7, 11) is 0. The number of hydrogen-bond donors (Lipinski definition) is 2. The van der Waals surface area contributed by atoms with E-state index in [1.165, 1.54) is 29.5 Å². The number of carbonyl (C=O) groups excluding carboxylic acids is 1. The molecule has 0 saturated heterocycles. The molecule has 0 unspecified atom stereocenters. The lowest BCUT2D eigenvalue weighted by Gasteiger charge is -2.14. The predicted molar refractivity (Wildman–Crippen MR) is 86.7 cm³/mol. The quantitative estimate of drug-likeness (QED) is 0.870. The number of phenols is 1. The van der Waals surface area contributed by atoms with Crippen molar-refractivity contribution < 1.29 is 14.6 Å². The third-order valence-electron chi connectivity index (χ3n) is 4.30. The molecule has 0 bridgehead atoms. The highest BCUT2D eigenvalue weighted by atomic mass is 16.5. The summed E-state index contributed by atoms with van der Waals surface area (Å²) in [4.78, 5) is 28.7. The fourth-order valence-electron chi connectivity index (χ4n) is 2.79. The van der Waals surface area contributed by atoms with Gasteiger partial charge in [-0.15, -0.1) is 0 Å². The molecule has 2 aliphatic rings. The maximum Gasteiger partial charge on any atom is 0.305 e. The average molecular weight is 327 g/mol. The van der Waals surface area contributed by atoms with Crippen LogP contribution < -0.4 is 15.6 Å². The molecule has 1 aliphatic carbocycles. The molecule has 1 fully saturated rings. The Morgan fingerprint density at radius 2 is 2.00 bits per heavy atom. The second kappa shape index (κ2) is 5.67. The number of ether oxygens (including phenoxy) is 1. The van der Waals surface area contributed by atoms with E-state index in [9.17, 15) is 14.7 Å². The monoisotopic (exact) mass is 327 g/mol. The minimum atomic E-state index is -0.328. The molecule has 1 aliphatic heterocycles. The van der Waals surface area contributed by atoms with Crippen LogP contribution in [0.15, 0.2) is 29.1 Å². The van der Waals surface area contributed by atoms with Gasteiger partial charge in [0, 0.05) is 0 Å². The minimum absolute atomic E-state index is 0.0155. The smallest absolute Gasteiger partial charge is 0.305 e. The lowest BCUT2D eigenvalue weighted by atomic mass is 10.2. The number of fused-ring (bicyclic) bond motifs is 1. The van der Waals surface area contributed by atoms with Gasteiger partial charge >= 0.3 is 6.01 Å². The van der Waals surface area contributed by atoms with Crippen LogP contribution in [-0.4, -0.2) is 27.2 Å².